The van der Waals surface area contributed by atoms with Crippen LogP contribution < -0.4 is 4.74 Å². The highest BCUT2D eigenvalue weighted by atomic mass is 32.1. The van der Waals surface area contributed by atoms with Gasteiger partial charge in [-0.05, 0) is 49.7 Å². The highest BCUT2D eigenvalue weighted by molar-refractivity contribution is 7.09. The maximum Gasteiger partial charge on any atom is 0.289 e. The zero-order chi connectivity index (χ0) is 20.8. The first kappa shape index (κ1) is 20.6. The van der Waals surface area contributed by atoms with E-state index in [1.807, 2.05) is 28.6 Å². The molecule has 1 aliphatic heterocycles. The summed E-state index contributed by atoms with van der Waals surface area (Å²) in [7, 11) is 2.10. The first-order valence-corrected chi connectivity index (χ1v) is 11.2. The Bertz CT molecular complexity index is 910. The number of carbonyl (C=O) groups is 1. The molecule has 1 saturated heterocycles. The van der Waals surface area contributed by atoms with E-state index in [1.165, 1.54) is 11.8 Å². The number of benzene rings is 1. The van der Waals surface area contributed by atoms with Gasteiger partial charge in [-0.2, -0.15) is 0 Å². The van der Waals surface area contributed by atoms with E-state index in [2.05, 4.69) is 29.1 Å². The average Bonchev–Trinajstić information content (AvgIpc) is 3.47. The van der Waals surface area contributed by atoms with E-state index in [4.69, 9.17) is 9.15 Å². The molecule has 1 amide bonds. The van der Waals surface area contributed by atoms with Gasteiger partial charge in [0.2, 0.25) is 0 Å². The van der Waals surface area contributed by atoms with Crippen LogP contribution in [0.1, 0.15) is 34.0 Å². The first-order valence-electron chi connectivity index (χ1n) is 10.3. The van der Waals surface area contributed by atoms with Gasteiger partial charge in [0.15, 0.2) is 5.76 Å². The van der Waals surface area contributed by atoms with Gasteiger partial charge in [-0.25, -0.2) is 4.98 Å². The van der Waals surface area contributed by atoms with Crippen LogP contribution in [0.4, 0.5) is 0 Å². The molecule has 0 N–H and O–H groups in total. The Kier molecular flexibility index (Phi) is 6.81. The molecule has 2 aromatic heterocycles. The second-order valence-corrected chi connectivity index (χ2v) is 8.77. The van der Waals surface area contributed by atoms with Crippen molar-refractivity contribution in [1.29, 1.82) is 0 Å². The molecule has 3 heterocycles. The summed E-state index contributed by atoms with van der Waals surface area (Å²) < 4.78 is 11.3. The van der Waals surface area contributed by atoms with E-state index in [1.54, 1.807) is 23.5 Å². The third kappa shape index (κ3) is 5.49. The fourth-order valence-electron chi connectivity index (χ4n) is 3.78. The topological polar surface area (TPSA) is 58.8 Å². The van der Waals surface area contributed by atoms with E-state index in [0.29, 0.717) is 24.8 Å². The minimum atomic E-state index is -0.0316. The molecule has 1 aromatic carbocycles. The Balaban J connectivity index is 1.24. The molecule has 4 rings (SSSR count). The molecular formula is C23H27N3O3S. The number of hydrogen-bond acceptors (Lipinski definition) is 6. The minimum Gasteiger partial charge on any atom is -0.493 e. The fourth-order valence-corrected chi connectivity index (χ4v) is 4.47. The van der Waals surface area contributed by atoms with Crippen molar-refractivity contribution in [2.45, 2.75) is 25.9 Å². The normalized spacial score (nSPS) is 16.7. The summed E-state index contributed by atoms with van der Waals surface area (Å²) in [6.45, 7) is 3.82. The van der Waals surface area contributed by atoms with Crippen molar-refractivity contribution in [2.24, 2.45) is 5.92 Å². The van der Waals surface area contributed by atoms with Crippen LogP contribution in [0.2, 0.25) is 0 Å². The number of thiazole rings is 1. The van der Waals surface area contributed by atoms with E-state index in [-0.39, 0.29) is 5.91 Å². The lowest BCUT2D eigenvalue weighted by atomic mass is 9.98. The molecule has 0 spiro atoms. The Morgan fingerprint density at radius 3 is 2.90 bits per heavy atom. The largest absolute Gasteiger partial charge is 0.493 e. The minimum absolute atomic E-state index is 0.0316. The van der Waals surface area contributed by atoms with Gasteiger partial charge in [-0.3, -0.25) is 9.69 Å². The van der Waals surface area contributed by atoms with Crippen LogP contribution in [0.25, 0.3) is 0 Å². The van der Waals surface area contributed by atoms with Gasteiger partial charge >= 0.3 is 0 Å². The summed E-state index contributed by atoms with van der Waals surface area (Å²) in [4.78, 5) is 21.0. The van der Waals surface area contributed by atoms with Crippen LogP contribution in [0.3, 0.4) is 0 Å². The molecule has 6 nitrogen and oxygen atoms in total. The Morgan fingerprint density at radius 1 is 1.30 bits per heavy atom. The van der Waals surface area contributed by atoms with Crippen LogP contribution in [0.15, 0.2) is 58.7 Å². The first-order chi connectivity index (χ1) is 14.7. The molecule has 30 heavy (non-hydrogen) atoms. The lowest BCUT2D eigenvalue weighted by Gasteiger charge is -2.32. The summed E-state index contributed by atoms with van der Waals surface area (Å²) in [6.07, 6.45) is 5.45. The number of ether oxygens (including phenoxy) is 1. The number of nitrogens with zero attached hydrogens (tertiary/aromatic N) is 3. The third-order valence-corrected chi connectivity index (χ3v) is 6.05. The molecule has 7 heteroatoms. The van der Waals surface area contributed by atoms with Crippen molar-refractivity contribution in [3.63, 3.8) is 0 Å². The summed E-state index contributed by atoms with van der Waals surface area (Å²) in [5, 5.41) is 3.14. The van der Waals surface area contributed by atoms with Crippen LogP contribution >= 0.6 is 11.3 Å². The van der Waals surface area contributed by atoms with Crippen molar-refractivity contribution in [1.82, 2.24) is 14.8 Å². The van der Waals surface area contributed by atoms with E-state index < -0.39 is 0 Å². The summed E-state index contributed by atoms with van der Waals surface area (Å²) in [6, 6.07) is 11.8. The lowest BCUT2D eigenvalue weighted by molar-refractivity contribution is 0.0602. The highest BCUT2D eigenvalue weighted by Crippen LogP contribution is 2.21. The maximum absolute atomic E-state index is 12.5. The summed E-state index contributed by atoms with van der Waals surface area (Å²) in [5.41, 5.74) is 1.24. The number of amides is 1. The number of piperidine rings is 1. The van der Waals surface area contributed by atoms with Crippen molar-refractivity contribution < 1.29 is 13.9 Å². The average molecular weight is 426 g/mol. The van der Waals surface area contributed by atoms with Crippen LogP contribution in [-0.2, 0) is 13.1 Å². The smallest absolute Gasteiger partial charge is 0.289 e. The molecule has 158 valence electrons. The molecular weight excluding hydrogens is 398 g/mol. The number of rotatable bonds is 8. The van der Waals surface area contributed by atoms with Crippen molar-refractivity contribution in [3.05, 3.63) is 70.6 Å². The summed E-state index contributed by atoms with van der Waals surface area (Å²) in [5.74, 6) is 1.58. The molecule has 0 unspecified atom stereocenters. The standard InChI is InChI=1S/C23H27N3O3S/c1-25(16-22-24-10-13-30-22)14-18-6-8-20(9-7-18)29-17-19-4-2-11-26(15-19)23(27)21-5-3-12-28-21/h3,5-10,12-13,19H,2,4,11,14-17H2,1H3/t19-/m1/s1. The second kappa shape index (κ2) is 9.91. The number of aromatic nitrogens is 1. The monoisotopic (exact) mass is 425 g/mol. The highest BCUT2D eigenvalue weighted by Gasteiger charge is 2.26. The number of carbonyl (C=O) groups excluding carboxylic acids is 1. The van der Waals surface area contributed by atoms with E-state index in [9.17, 15) is 4.79 Å². The second-order valence-electron chi connectivity index (χ2n) is 7.79. The fraction of sp³-hybridized carbons (Fsp3) is 0.391. The van der Waals surface area contributed by atoms with E-state index >= 15 is 0 Å². The Hall–Kier alpha value is -2.64. The molecule has 1 aliphatic rings. The maximum atomic E-state index is 12.5. The zero-order valence-electron chi connectivity index (χ0n) is 17.2. The van der Waals surface area contributed by atoms with Gasteiger partial charge in [0.1, 0.15) is 10.8 Å². The van der Waals surface area contributed by atoms with Crippen LogP contribution in [-0.4, -0.2) is 47.4 Å². The quantitative estimate of drug-likeness (QED) is 0.539. The number of furan rings is 1. The molecule has 1 atom stereocenters. The van der Waals surface area contributed by atoms with Gasteiger partial charge in [0, 0.05) is 37.1 Å². The summed E-state index contributed by atoms with van der Waals surface area (Å²) >= 11 is 1.68. The predicted octanol–water partition coefficient (Wildman–Crippen LogP) is 4.30. The molecule has 0 saturated carbocycles. The van der Waals surface area contributed by atoms with Crippen LogP contribution in [0.5, 0.6) is 5.75 Å². The third-order valence-electron chi connectivity index (χ3n) is 5.29. The lowest BCUT2D eigenvalue weighted by Crippen LogP contribution is -2.41. The number of hydrogen-bond donors (Lipinski definition) is 0. The number of likely N-dealkylation sites (tertiary alicyclic amines) is 1. The predicted molar refractivity (Wildman–Crippen MR) is 117 cm³/mol. The molecule has 0 bridgehead atoms. The SMILES string of the molecule is CN(Cc1ccc(OC[C@@H]2CCCN(C(=O)c3ccco3)C2)cc1)Cc1nccs1. The van der Waals surface area contributed by atoms with Gasteiger partial charge in [0.25, 0.3) is 5.91 Å². The van der Waals surface area contributed by atoms with Crippen LogP contribution in [0, 0.1) is 5.92 Å². The van der Waals surface area contributed by atoms with Gasteiger partial charge < -0.3 is 14.1 Å². The van der Waals surface area contributed by atoms with E-state index in [0.717, 1.165) is 43.2 Å². The molecule has 0 aliphatic carbocycles. The van der Waals surface area contributed by atoms with Crippen molar-refractivity contribution >= 4 is 17.2 Å². The zero-order valence-corrected chi connectivity index (χ0v) is 18.0. The Labute approximate surface area is 181 Å². The Morgan fingerprint density at radius 2 is 2.17 bits per heavy atom. The van der Waals surface area contributed by atoms with Gasteiger partial charge in [0.05, 0.1) is 19.4 Å². The molecule has 1 fully saturated rings. The van der Waals surface area contributed by atoms with Crippen molar-refractivity contribution in [3.8, 4) is 5.75 Å². The molecule has 3 aromatic rings. The van der Waals surface area contributed by atoms with Gasteiger partial charge in [-0.15, -0.1) is 11.3 Å². The molecule has 0 radical (unpaired) electrons. The van der Waals surface area contributed by atoms with Crippen molar-refractivity contribution in [2.75, 3.05) is 26.7 Å². The van der Waals surface area contributed by atoms with Gasteiger partial charge in [-0.1, -0.05) is 12.1 Å².